The molecule has 1 aliphatic rings. The molecule has 5 rings (SSSR count). The Hall–Kier alpha value is -4.21. The number of nitriles is 1. The van der Waals surface area contributed by atoms with Crippen molar-refractivity contribution in [3.8, 4) is 6.07 Å². The fraction of sp³-hybridized carbons (Fsp3) is 0.233. The highest BCUT2D eigenvalue weighted by molar-refractivity contribution is 5.94. The van der Waals surface area contributed by atoms with E-state index in [0.29, 0.717) is 25.2 Å². The summed E-state index contributed by atoms with van der Waals surface area (Å²) in [6.07, 6.45) is 4.67. The molecule has 6 nitrogen and oxygen atoms in total. The van der Waals surface area contributed by atoms with E-state index < -0.39 is 0 Å². The van der Waals surface area contributed by atoms with Gasteiger partial charge in [0.25, 0.3) is 5.91 Å². The average Bonchev–Trinajstić information content (AvgIpc) is 3.25. The van der Waals surface area contributed by atoms with E-state index in [2.05, 4.69) is 44.8 Å². The van der Waals surface area contributed by atoms with E-state index in [0.717, 1.165) is 36.3 Å². The van der Waals surface area contributed by atoms with Crippen molar-refractivity contribution in [3.63, 3.8) is 0 Å². The first-order valence-corrected chi connectivity index (χ1v) is 12.3. The van der Waals surface area contributed by atoms with Gasteiger partial charge < -0.3 is 9.47 Å². The second-order valence-corrected chi connectivity index (χ2v) is 9.17. The number of hydrogen-bond acceptors (Lipinski definition) is 4. The predicted molar refractivity (Wildman–Crippen MR) is 139 cm³/mol. The van der Waals surface area contributed by atoms with Gasteiger partial charge in [-0.25, -0.2) is 4.98 Å². The van der Waals surface area contributed by atoms with Crippen LogP contribution in [0.2, 0.25) is 0 Å². The molecule has 0 saturated carbocycles. The molecule has 1 aliphatic heterocycles. The fourth-order valence-corrected chi connectivity index (χ4v) is 4.90. The maximum Gasteiger partial charge on any atom is 0.253 e. The SMILES string of the molecule is N#Cc1ccc(Cn2cncc2CN2CCN(C(=O)c3ccccc3)CCC2c2ccccc2)cc1. The quantitative estimate of drug-likeness (QED) is 0.398. The molecule has 0 radical (unpaired) electrons. The van der Waals surface area contributed by atoms with Crippen molar-refractivity contribution < 1.29 is 4.79 Å². The molecule has 4 aromatic rings. The minimum atomic E-state index is 0.0927. The first-order valence-electron chi connectivity index (χ1n) is 12.3. The van der Waals surface area contributed by atoms with Gasteiger partial charge in [-0.05, 0) is 41.8 Å². The molecule has 0 bridgehead atoms. The Kier molecular flexibility index (Phi) is 7.20. The van der Waals surface area contributed by atoms with Gasteiger partial charge in [-0.3, -0.25) is 9.69 Å². The van der Waals surface area contributed by atoms with Crippen molar-refractivity contribution in [2.24, 2.45) is 0 Å². The molecule has 1 saturated heterocycles. The van der Waals surface area contributed by atoms with Gasteiger partial charge >= 0.3 is 0 Å². The molecule has 0 N–H and O–H groups in total. The second kappa shape index (κ2) is 11.0. The zero-order valence-corrected chi connectivity index (χ0v) is 20.2. The molecule has 1 amide bonds. The molecule has 3 aromatic carbocycles. The van der Waals surface area contributed by atoms with Gasteiger partial charge in [-0.15, -0.1) is 0 Å². The maximum atomic E-state index is 13.2. The molecule has 1 aromatic heterocycles. The standard InChI is InChI=1S/C30H29N5O/c31-19-24-11-13-25(14-12-24)21-35-23-32-20-28(35)22-34-18-17-33(30(36)27-9-5-2-6-10-27)16-15-29(34)26-7-3-1-4-8-26/h1-14,20,23,29H,15-18,21-22H2. The third kappa shape index (κ3) is 5.37. The predicted octanol–water partition coefficient (Wildman–Crippen LogP) is 4.89. The van der Waals surface area contributed by atoms with Gasteiger partial charge in [0, 0.05) is 50.5 Å². The second-order valence-electron chi connectivity index (χ2n) is 9.17. The number of benzene rings is 3. The largest absolute Gasteiger partial charge is 0.337 e. The van der Waals surface area contributed by atoms with E-state index in [1.54, 1.807) is 0 Å². The number of imidazole rings is 1. The van der Waals surface area contributed by atoms with Crippen LogP contribution in [0.25, 0.3) is 0 Å². The lowest BCUT2D eigenvalue weighted by molar-refractivity contribution is 0.0761. The van der Waals surface area contributed by atoms with Crippen molar-refractivity contribution in [2.75, 3.05) is 19.6 Å². The van der Waals surface area contributed by atoms with Crippen molar-refractivity contribution in [1.82, 2.24) is 19.4 Å². The summed E-state index contributed by atoms with van der Waals surface area (Å²) < 4.78 is 2.17. The Morgan fingerprint density at radius 2 is 1.61 bits per heavy atom. The number of carbonyl (C=O) groups excluding carboxylic acids is 1. The first kappa shape index (κ1) is 23.5. The molecule has 1 unspecified atom stereocenters. The van der Waals surface area contributed by atoms with Crippen LogP contribution in [0.1, 0.15) is 45.2 Å². The fourth-order valence-electron chi connectivity index (χ4n) is 4.90. The normalized spacial score (nSPS) is 16.3. The molecule has 36 heavy (non-hydrogen) atoms. The lowest BCUT2D eigenvalue weighted by atomic mass is 10.0. The third-order valence-corrected chi connectivity index (χ3v) is 6.86. The molecule has 180 valence electrons. The van der Waals surface area contributed by atoms with Crippen molar-refractivity contribution in [2.45, 2.75) is 25.6 Å². The summed E-state index contributed by atoms with van der Waals surface area (Å²) in [5.41, 5.74) is 4.92. The summed E-state index contributed by atoms with van der Waals surface area (Å²) in [6.45, 7) is 3.61. The minimum absolute atomic E-state index is 0.0927. The molecule has 0 aliphatic carbocycles. The smallest absolute Gasteiger partial charge is 0.253 e. The summed E-state index contributed by atoms with van der Waals surface area (Å²) >= 11 is 0. The molecule has 0 spiro atoms. The molecule has 1 fully saturated rings. The van der Waals surface area contributed by atoms with E-state index >= 15 is 0 Å². The van der Waals surface area contributed by atoms with E-state index in [1.807, 2.05) is 78.1 Å². The van der Waals surface area contributed by atoms with Crippen LogP contribution >= 0.6 is 0 Å². The Labute approximate surface area is 212 Å². The average molecular weight is 476 g/mol. The van der Waals surface area contributed by atoms with Crippen LogP contribution in [0.4, 0.5) is 0 Å². The molecule has 1 atom stereocenters. The minimum Gasteiger partial charge on any atom is -0.337 e. The summed E-state index contributed by atoms with van der Waals surface area (Å²) in [4.78, 5) is 22.1. The number of carbonyl (C=O) groups is 1. The molecular weight excluding hydrogens is 446 g/mol. The zero-order chi connectivity index (χ0) is 24.7. The van der Waals surface area contributed by atoms with Crippen molar-refractivity contribution >= 4 is 5.91 Å². The van der Waals surface area contributed by atoms with Gasteiger partial charge in [0.2, 0.25) is 0 Å². The highest BCUT2D eigenvalue weighted by Gasteiger charge is 2.28. The Morgan fingerprint density at radius 1 is 0.889 bits per heavy atom. The summed E-state index contributed by atoms with van der Waals surface area (Å²) in [5, 5.41) is 9.08. The Bertz CT molecular complexity index is 1330. The van der Waals surface area contributed by atoms with Crippen LogP contribution in [0.15, 0.2) is 97.5 Å². The van der Waals surface area contributed by atoms with E-state index in [1.165, 1.54) is 5.56 Å². The van der Waals surface area contributed by atoms with Crippen LogP contribution in [0, 0.1) is 11.3 Å². The highest BCUT2D eigenvalue weighted by Crippen LogP contribution is 2.29. The molecular formula is C30H29N5O. The number of nitrogens with zero attached hydrogens (tertiary/aromatic N) is 5. The number of amides is 1. The Balaban J connectivity index is 1.36. The van der Waals surface area contributed by atoms with Gasteiger partial charge in [-0.1, -0.05) is 60.7 Å². The maximum absolute atomic E-state index is 13.2. The van der Waals surface area contributed by atoms with E-state index in [9.17, 15) is 4.79 Å². The van der Waals surface area contributed by atoms with E-state index in [-0.39, 0.29) is 11.9 Å². The van der Waals surface area contributed by atoms with E-state index in [4.69, 9.17) is 5.26 Å². The summed E-state index contributed by atoms with van der Waals surface area (Å²) in [7, 11) is 0. The third-order valence-electron chi connectivity index (χ3n) is 6.86. The summed E-state index contributed by atoms with van der Waals surface area (Å²) in [6, 6.07) is 30.2. The van der Waals surface area contributed by atoms with Gasteiger partial charge in [0.15, 0.2) is 0 Å². The number of aromatic nitrogens is 2. The zero-order valence-electron chi connectivity index (χ0n) is 20.2. The number of hydrogen-bond donors (Lipinski definition) is 0. The molecule has 6 heteroatoms. The lowest BCUT2D eigenvalue weighted by Crippen LogP contribution is -2.35. The lowest BCUT2D eigenvalue weighted by Gasteiger charge is -2.30. The van der Waals surface area contributed by atoms with Crippen molar-refractivity contribution in [3.05, 3.63) is 125 Å². The topological polar surface area (TPSA) is 65.2 Å². The van der Waals surface area contributed by atoms with Crippen LogP contribution in [0.5, 0.6) is 0 Å². The van der Waals surface area contributed by atoms with Gasteiger partial charge in [0.05, 0.1) is 23.7 Å². The van der Waals surface area contributed by atoms with Crippen LogP contribution in [0.3, 0.4) is 0 Å². The monoisotopic (exact) mass is 475 g/mol. The van der Waals surface area contributed by atoms with Gasteiger partial charge in [0.1, 0.15) is 0 Å². The highest BCUT2D eigenvalue weighted by atomic mass is 16.2. The molecule has 2 heterocycles. The van der Waals surface area contributed by atoms with Crippen molar-refractivity contribution in [1.29, 1.82) is 5.26 Å². The number of rotatable bonds is 6. The summed E-state index contributed by atoms with van der Waals surface area (Å²) in [5.74, 6) is 0.0927. The van der Waals surface area contributed by atoms with Crippen LogP contribution in [-0.4, -0.2) is 44.9 Å². The Morgan fingerprint density at radius 3 is 2.33 bits per heavy atom. The van der Waals surface area contributed by atoms with Crippen LogP contribution in [-0.2, 0) is 13.1 Å². The van der Waals surface area contributed by atoms with Gasteiger partial charge in [-0.2, -0.15) is 5.26 Å². The first-order chi connectivity index (χ1) is 17.7. The van der Waals surface area contributed by atoms with Crippen LogP contribution < -0.4 is 0 Å².